The van der Waals surface area contributed by atoms with Gasteiger partial charge in [0, 0.05) is 16.7 Å². The minimum Gasteiger partial charge on any atom is -0.460 e. The molecule has 192 valence electrons. The van der Waals surface area contributed by atoms with Gasteiger partial charge in [-0.05, 0) is 82.3 Å². The van der Waals surface area contributed by atoms with E-state index in [0.717, 1.165) is 6.42 Å². The first kappa shape index (κ1) is 23.8. The summed E-state index contributed by atoms with van der Waals surface area (Å²) in [5.74, 6) is -1.29. The van der Waals surface area contributed by atoms with Gasteiger partial charge in [-0.1, -0.05) is 26.0 Å². The van der Waals surface area contributed by atoms with E-state index in [1.54, 1.807) is 19.1 Å². The maximum absolute atomic E-state index is 13.3. The smallest absolute Gasteiger partial charge is 0.338 e. The van der Waals surface area contributed by atoms with Crippen LogP contribution in [0.4, 0.5) is 0 Å². The number of rotatable bonds is 1. The zero-order chi connectivity index (χ0) is 25.4. The minimum absolute atomic E-state index is 0.0160. The van der Waals surface area contributed by atoms with Gasteiger partial charge >= 0.3 is 5.97 Å². The van der Waals surface area contributed by atoms with Crippen LogP contribution in [0.5, 0.6) is 0 Å². The summed E-state index contributed by atoms with van der Waals surface area (Å²) >= 11 is 0. The zero-order valence-electron chi connectivity index (χ0n) is 21.0. The van der Waals surface area contributed by atoms with Crippen LogP contribution >= 0.6 is 0 Å². The monoisotopic (exact) mass is 486 g/mol. The van der Waals surface area contributed by atoms with E-state index >= 15 is 0 Å². The molecule has 1 saturated heterocycles. The predicted octanol–water partition coefficient (Wildman–Crippen LogP) is 2.06. The van der Waals surface area contributed by atoms with E-state index < -0.39 is 51.2 Å². The molecule has 6 aliphatic rings. The number of fused-ring (bicyclic) bond motifs is 7. The summed E-state index contributed by atoms with van der Waals surface area (Å²) in [5, 5.41) is 45.2. The van der Waals surface area contributed by atoms with E-state index in [1.807, 2.05) is 13.0 Å². The molecule has 7 nitrogen and oxygen atoms in total. The van der Waals surface area contributed by atoms with Gasteiger partial charge in [-0.2, -0.15) is 0 Å². The third kappa shape index (κ3) is 2.51. The molecule has 3 saturated carbocycles. The zero-order valence-corrected chi connectivity index (χ0v) is 21.0. The van der Waals surface area contributed by atoms with Crippen LogP contribution in [0.1, 0.15) is 66.2 Å². The van der Waals surface area contributed by atoms with Crippen LogP contribution in [0.3, 0.4) is 0 Å². The fourth-order valence-electron chi connectivity index (χ4n) is 9.55. The van der Waals surface area contributed by atoms with Crippen LogP contribution in [0.25, 0.3) is 0 Å². The second kappa shape index (κ2) is 6.66. The Morgan fingerprint density at radius 2 is 1.54 bits per heavy atom. The summed E-state index contributed by atoms with van der Waals surface area (Å²) < 4.78 is 5.73. The summed E-state index contributed by atoms with van der Waals surface area (Å²) in [7, 11) is 0. The molecule has 1 aliphatic heterocycles. The number of allylic oxidation sites excluding steroid dienone is 1. The Morgan fingerprint density at radius 1 is 0.886 bits per heavy atom. The highest BCUT2D eigenvalue weighted by Gasteiger charge is 2.73. The average Bonchev–Trinajstić information content (AvgIpc) is 3.26. The second-order valence-electron chi connectivity index (χ2n) is 13.4. The van der Waals surface area contributed by atoms with Gasteiger partial charge in [-0.25, -0.2) is 4.79 Å². The Labute approximate surface area is 206 Å². The first-order valence-corrected chi connectivity index (χ1v) is 13.1. The van der Waals surface area contributed by atoms with Gasteiger partial charge < -0.3 is 25.2 Å². The highest BCUT2D eigenvalue weighted by atomic mass is 16.6. The molecular formula is C28H38O7. The van der Waals surface area contributed by atoms with E-state index in [4.69, 9.17) is 4.74 Å². The van der Waals surface area contributed by atoms with Crippen molar-refractivity contribution in [2.75, 3.05) is 0 Å². The average molecular weight is 487 g/mol. The molecule has 2 bridgehead atoms. The number of carbonyl (C=O) groups excluding carboxylic acids is 2. The van der Waals surface area contributed by atoms with Gasteiger partial charge in [-0.15, -0.1) is 0 Å². The standard InChI is InChI=1S/C28H38O7/c1-23-13-18(20(14-23)35-22(31)26(23,4)32)28(34)12-7-16-15-5-10-27(33)11-8-19(29)21(30)25(27,3)17(15)6-9-24(16,28)2/h5,8,10-11,15-20,29,32-34H,6-7,9,12-14H2,1-4H3. The van der Waals surface area contributed by atoms with Gasteiger partial charge in [0.15, 0.2) is 11.4 Å². The second-order valence-corrected chi connectivity index (χ2v) is 13.4. The summed E-state index contributed by atoms with van der Waals surface area (Å²) in [5.41, 5.74) is -6.31. The predicted molar refractivity (Wildman–Crippen MR) is 126 cm³/mol. The lowest BCUT2D eigenvalue weighted by Crippen LogP contribution is -2.65. The van der Waals surface area contributed by atoms with Crippen molar-refractivity contribution < 1.29 is 34.8 Å². The SMILES string of the molecule is CC12CC(OC(=O)C1(C)O)C(C1(O)CCC3C4C=CC5(O)C=CC(O)C(=O)C5(C)C4CCC31C)C2. The summed E-state index contributed by atoms with van der Waals surface area (Å²) in [6.07, 6.45) is 8.76. The van der Waals surface area contributed by atoms with Crippen molar-refractivity contribution in [2.24, 2.45) is 39.9 Å². The first-order chi connectivity index (χ1) is 16.1. The lowest BCUT2D eigenvalue weighted by Gasteiger charge is -2.60. The van der Waals surface area contributed by atoms with E-state index in [-0.39, 0.29) is 29.5 Å². The third-order valence-corrected chi connectivity index (χ3v) is 12.2. The molecule has 0 radical (unpaired) electrons. The van der Waals surface area contributed by atoms with Crippen molar-refractivity contribution in [1.29, 1.82) is 0 Å². The highest BCUT2D eigenvalue weighted by Crippen LogP contribution is 2.70. The van der Waals surface area contributed by atoms with Gasteiger partial charge in [0.25, 0.3) is 0 Å². The number of hydrogen-bond donors (Lipinski definition) is 4. The van der Waals surface area contributed by atoms with Crippen LogP contribution in [0.2, 0.25) is 0 Å². The number of aliphatic hydroxyl groups excluding tert-OH is 1. The molecule has 4 fully saturated rings. The molecule has 0 amide bonds. The van der Waals surface area contributed by atoms with Crippen molar-refractivity contribution in [3.63, 3.8) is 0 Å². The van der Waals surface area contributed by atoms with E-state index in [0.29, 0.717) is 32.1 Å². The Bertz CT molecular complexity index is 1060. The Hall–Kier alpha value is -1.54. The third-order valence-electron chi connectivity index (χ3n) is 12.2. The van der Waals surface area contributed by atoms with Crippen molar-refractivity contribution in [3.05, 3.63) is 24.3 Å². The summed E-state index contributed by atoms with van der Waals surface area (Å²) in [4.78, 5) is 25.9. The largest absolute Gasteiger partial charge is 0.460 e. The molecule has 12 unspecified atom stereocenters. The number of ketones is 1. The Balaban J connectivity index is 1.37. The van der Waals surface area contributed by atoms with Crippen LogP contribution in [-0.4, -0.2) is 61.2 Å². The van der Waals surface area contributed by atoms with Gasteiger partial charge in [0.05, 0.1) is 11.0 Å². The van der Waals surface area contributed by atoms with Crippen LogP contribution < -0.4 is 0 Å². The fourth-order valence-corrected chi connectivity index (χ4v) is 9.55. The molecule has 1 heterocycles. The molecule has 5 aliphatic carbocycles. The van der Waals surface area contributed by atoms with E-state index in [1.165, 1.54) is 13.0 Å². The van der Waals surface area contributed by atoms with Crippen LogP contribution in [-0.2, 0) is 14.3 Å². The van der Waals surface area contributed by atoms with Gasteiger partial charge in [0.2, 0.25) is 0 Å². The number of hydrogen-bond acceptors (Lipinski definition) is 7. The molecular weight excluding hydrogens is 448 g/mol. The molecule has 35 heavy (non-hydrogen) atoms. The quantitative estimate of drug-likeness (QED) is 0.330. The number of carbonyl (C=O) groups is 2. The fraction of sp³-hybridized carbons (Fsp3) is 0.786. The van der Waals surface area contributed by atoms with E-state index in [9.17, 15) is 30.0 Å². The normalized spacial score (nSPS) is 60.7. The maximum Gasteiger partial charge on any atom is 0.338 e. The number of aliphatic hydroxyl groups is 4. The lowest BCUT2D eigenvalue weighted by molar-refractivity contribution is -0.201. The molecule has 4 N–H and O–H groups in total. The number of Topliss-reactive ketones (excluding diaryl/α,β-unsaturated/α-hetero) is 1. The van der Waals surface area contributed by atoms with E-state index in [2.05, 4.69) is 6.92 Å². The minimum atomic E-state index is -1.58. The number of ether oxygens (including phenoxy) is 1. The molecule has 6 rings (SSSR count). The van der Waals surface area contributed by atoms with Crippen molar-refractivity contribution in [3.8, 4) is 0 Å². The summed E-state index contributed by atoms with van der Waals surface area (Å²) in [6.45, 7) is 7.38. The van der Waals surface area contributed by atoms with Crippen LogP contribution in [0, 0.1) is 39.9 Å². The number of esters is 1. The highest BCUT2D eigenvalue weighted by molar-refractivity contribution is 5.94. The molecule has 12 atom stereocenters. The maximum atomic E-state index is 13.3. The Morgan fingerprint density at radius 3 is 2.26 bits per heavy atom. The molecule has 7 heteroatoms. The van der Waals surface area contributed by atoms with Crippen LogP contribution in [0.15, 0.2) is 24.3 Å². The van der Waals surface area contributed by atoms with Gasteiger partial charge in [-0.3, -0.25) is 4.79 Å². The molecule has 0 spiro atoms. The topological polar surface area (TPSA) is 124 Å². The van der Waals surface area contributed by atoms with Gasteiger partial charge in [0.1, 0.15) is 17.8 Å². The van der Waals surface area contributed by atoms with Crippen molar-refractivity contribution in [1.82, 2.24) is 0 Å². The van der Waals surface area contributed by atoms with Crippen molar-refractivity contribution in [2.45, 2.75) is 95.2 Å². The summed E-state index contributed by atoms with van der Waals surface area (Å²) in [6, 6.07) is 0. The molecule has 0 aromatic heterocycles. The Kier molecular flexibility index (Phi) is 4.53. The van der Waals surface area contributed by atoms with Crippen molar-refractivity contribution >= 4 is 11.8 Å². The molecule has 0 aromatic rings. The molecule has 0 aromatic carbocycles. The lowest BCUT2D eigenvalue weighted by atomic mass is 9.45. The first-order valence-electron chi connectivity index (χ1n) is 13.1.